The van der Waals surface area contributed by atoms with Crippen LogP contribution in [-0.4, -0.2) is 90.5 Å². The third-order valence-electron chi connectivity index (χ3n) is 7.22. The van der Waals surface area contributed by atoms with Crippen molar-refractivity contribution in [2.24, 2.45) is 11.6 Å². The first kappa shape index (κ1) is 26.1. The van der Waals surface area contributed by atoms with Crippen molar-refractivity contribution < 1.29 is 23.0 Å². The van der Waals surface area contributed by atoms with Crippen molar-refractivity contribution in [3.63, 3.8) is 0 Å². The Labute approximate surface area is 219 Å². The predicted octanol–water partition coefficient (Wildman–Crippen LogP) is 1.10. The minimum atomic E-state index is -2.56. The second-order valence-corrected chi connectivity index (χ2v) is 9.63. The first-order valence-electron chi connectivity index (χ1n) is 12.5. The number of hydrogen-bond acceptors (Lipinski definition) is 10. The van der Waals surface area contributed by atoms with Crippen LogP contribution in [0.5, 0.6) is 5.88 Å². The van der Waals surface area contributed by atoms with Crippen molar-refractivity contribution in [3.05, 3.63) is 53.4 Å². The number of allylic oxidation sites excluding steroid dienone is 1. The predicted molar refractivity (Wildman–Crippen MR) is 136 cm³/mol. The van der Waals surface area contributed by atoms with Gasteiger partial charge in [-0.05, 0) is 25.1 Å². The maximum absolute atomic E-state index is 13.1. The van der Waals surface area contributed by atoms with Crippen LogP contribution in [0.2, 0.25) is 0 Å². The highest BCUT2D eigenvalue weighted by Gasteiger charge is 2.42. The molecule has 0 spiro atoms. The van der Waals surface area contributed by atoms with Gasteiger partial charge in [0.25, 0.3) is 6.43 Å². The standard InChI is InChI=1S/C25H32F2N8O3/c1-16(28)21(35(29)18-4-2-17(3-5-18)24(26)27)15-38-23-7-6-22(30-31-23)33-9-8-32-10-11-34(19-13-37-14-19)25(36)20(32)12-33/h2-7,19-20,24H,8-15,28-29H2,1H3/b21-16-. The third-order valence-corrected chi connectivity index (χ3v) is 7.22. The molecule has 3 aliphatic rings. The van der Waals surface area contributed by atoms with E-state index in [0.717, 1.165) is 26.2 Å². The Morgan fingerprint density at radius 3 is 2.47 bits per heavy atom. The second-order valence-electron chi connectivity index (χ2n) is 9.63. The number of nitrogens with two attached hydrogens (primary N) is 2. The summed E-state index contributed by atoms with van der Waals surface area (Å²) in [4.78, 5) is 19.4. The van der Waals surface area contributed by atoms with Gasteiger partial charge in [0, 0.05) is 50.1 Å². The number of rotatable bonds is 8. The van der Waals surface area contributed by atoms with Crippen LogP contribution in [0.15, 0.2) is 47.8 Å². The Balaban J connectivity index is 1.19. The molecule has 4 N–H and O–H groups in total. The minimum absolute atomic E-state index is 0.000571. The number of carbonyl (C=O) groups is 1. The highest BCUT2D eigenvalue weighted by Crippen LogP contribution is 2.26. The molecule has 1 aromatic carbocycles. The number of ether oxygens (including phenoxy) is 2. The summed E-state index contributed by atoms with van der Waals surface area (Å²) in [6.45, 7) is 6.58. The highest BCUT2D eigenvalue weighted by atomic mass is 19.3. The number of amides is 1. The molecule has 0 radical (unpaired) electrons. The largest absolute Gasteiger partial charge is 0.470 e. The van der Waals surface area contributed by atoms with Gasteiger partial charge < -0.3 is 25.0 Å². The van der Waals surface area contributed by atoms with Crippen LogP contribution in [-0.2, 0) is 9.53 Å². The van der Waals surface area contributed by atoms with E-state index in [2.05, 4.69) is 20.0 Å². The van der Waals surface area contributed by atoms with Crippen LogP contribution in [0.3, 0.4) is 0 Å². The molecular formula is C25H32F2N8O3. The zero-order valence-corrected chi connectivity index (χ0v) is 21.2. The average Bonchev–Trinajstić information content (AvgIpc) is 2.89. The topological polar surface area (TPSA) is 126 Å². The summed E-state index contributed by atoms with van der Waals surface area (Å²) in [5.41, 5.74) is 7.27. The van der Waals surface area contributed by atoms with Crippen molar-refractivity contribution in [2.75, 3.05) is 62.5 Å². The first-order valence-corrected chi connectivity index (χ1v) is 12.5. The molecule has 38 heavy (non-hydrogen) atoms. The number of hydrazine groups is 1. The fourth-order valence-electron chi connectivity index (χ4n) is 4.84. The molecule has 3 saturated heterocycles. The third kappa shape index (κ3) is 5.35. The maximum Gasteiger partial charge on any atom is 0.263 e. The van der Waals surface area contributed by atoms with Gasteiger partial charge in [0.05, 0.1) is 30.6 Å². The molecule has 11 nitrogen and oxygen atoms in total. The molecule has 2 aromatic rings. The Morgan fingerprint density at radius 1 is 1.13 bits per heavy atom. The molecule has 4 heterocycles. The summed E-state index contributed by atoms with van der Waals surface area (Å²) >= 11 is 0. The molecule has 3 fully saturated rings. The summed E-state index contributed by atoms with van der Waals surface area (Å²) < 4.78 is 36.8. The molecule has 1 amide bonds. The number of nitrogens with zero attached hydrogens (tertiary/aromatic N) is 6. The lowest BCUT2D eigenvalue weighted by molar-refractivity contribution is -0.156. The van der Waals surface area contributed by atoms with Crippen molar-refractivity contribution >= 4 is 17.4 Å². The molecule has 1 unspecified atom stereocenters. The highest BCUT2D eigenvalue weighted by molar-refractivity contribution is 5.84. The zero-order valence-electron chi connectivity index (χ0n) is 21.2. The first-order chi connectivity index (χ1) is 18.3. The molecule has 1 atom stereocenters. The van der Waals surface area contributed by atoms with Gasteiger partial charge in [0.1, 0.15) is 12.6 Å². The average molecular weight is 531 g/mol. The lowest BCUT2D eigenvalue weighted by Gasteiger charge is -2.49. The monoisotopic (exact) mass is 530 g/mol. The van der Waals surface area contributed by atoms with E-state index in [-0.39, 0.29) is 36.0 Å². The summed E-state index contributed by atoms with van der Waals surface area (Å²) in [6.07, 6.45) is -2.56. The minimum Gasteiger partial charge on any atom is -0.470 e. The van der Waals surface area contributed by atoms with Gasteiger partial charge in [-0.2, -0.15) is 0 Å². The van der Waals surface area contributed by atoms with E-state index >= 15 is 0 Å². The van der Waals surface area contributed by atoms with E-state index in [0.29, 0.717) is 42.7 Å². The molecule has 0 bridgehead atoms. The van der Waals surface area contributed by atoms with Crippen molar-refractivity contribution in [2.45, 2.75) is 25.4 Å². The Hall–Kier alpha value is -3.55. The molecular weight excluding hydrogens is 498 g/mol. The van der Waals surface area contributed by atoms with Gasteiger partial charge in [0.15, 0.2) is 5.82 Å². The lowest BCUT2D eigenvalue weighted by atomic mass is 10.0. The summed E-state index contributed by atoms with van der Waals surface area (Å²) in [7, 11) is 0. The fraction of sp³-hybridized carbons (Fsp3) is 0.480. The summed E-state index contributed by atoms with van der Waals surface area (Å²) in [6, 6.07) is 9.12. The van der Waals surface area contributed by atoms with Gasteiger partial charge in [0.2, 0.25) is 11.8 Å². The summed E-state index contributed by atoms with van der Waals surface area (Å²) in [5, 5.41) is 9.81. The van der Waals surface area contributed by atoms with Crippen molar-refractivity contribution in [1.29, 1.82) is 0 Å². The lowest BCUT2D eigenvalue weighted by Crippen LogP contribution is -2.68. The van der Waals surface area contributed by atoms with Gasteiger partial charge in [-0.25, -0.2) is 14.6 Å². The van der Waals surface area contributed by atoms with Crippen LogP contribution < -0.4 is 26.2 Å². The molecule has 5 rings (SSSR count). The Kier molecular flexibility index (Phi) is 7.58. The zero-order chi connectivity index (χ0) is 26.8. The number of fused-ring (bicyclic) bond motifs is 1. The number of alkyl halides is 2. The SMILES string of the molecule is C/C(N)=C(\COc1ccc(N2CCN3CCN(C4COC4)C(=O)C3C2)nn1)N(N)c1ccc(C(F)F)cc1. The molecule has 204 valence electrons. The molecule has 0 saturated carbocycles. The number of benzene rings is 1. The van der Waals surface area contributed by atoms with E-state index in [1.54, 1.807) is 13.0 Å². The van der Waals surface area contributed by atoms with Crippen molar-refractivity contribution in [1.82, 2.24) is 20.0 Å². The smallest absolute Gasteiger partial charge is 0.263 e. The Bertz CT molecular complexity index is 1160. The van der Waals surface area contributed by atoms with E-state index in [1.165, 1.54) is 29.3 Å². The van der Waals surface area contributed by atoms with Gasteiger partial charge in [-0.1, -0.05) is 12.1 Å². The molecule has 13 heteroatoms. The van der Waals surface area contributed by atoms with Gasteiger partial charge in [-0.15, -0.1) is 10.2 Å². The maximum atomic E-state index is 13.1. The second kappa shape index (κ2) is 11.1. The number of carbonyl (C=O) groups excluding carboxylic acids is 1. The Morgan fingerprint density at radius 2 is 1.87 bits per heavy atom. The number of aromatic nitrogens is 2. The molecule has 0 aliphatic carbocycles. The van der Waals surface area contributed by atoms with Crippen LogP contribution in [0, 0.1) is 0 Å². The van der Waals surface area contributed by atoms with Gasteiger partial charge >= 0.3 is 0 Å². The van der Waals surface area contributed by atoms with E-state index in [9.17, 15) is 13.6 Å². The van der Waals surface area contributed by atoms with Crippen LogP contribution in [0.1, 0.15) is 18.9 Å². The fourth-order valence-corrected chi connectivity index (χ4v) is 4.84. The molecule has 1 aromatic heterocycles. The van der Waals surface area contributed by atoms with Crippen molar-refractivity contribution in [3.8, 4) is 5.88 Å². The number of halogens is 2. The molecule has 3 aliphatic heterocycles. The number of anilines is 2. The van der Waals surface area contributed by atoms with E-state index < -0.39 is 6.43 Å². The number of piperazine rings is 2. The quantitative estimate of drug-likeness (QED) is 0.378. The van der Waals surface area contributed by atoms with Gasteiger partial charge in [-0.3, -0.25) is 14.7 Å². The summed E-state index contributed by atoms with van der Waals surface area (Å²) in [5.74, 6) is 7.29. The van der Waals surface area contributed by atoms with Crippen LogP contribution >= 0.6 is 0 Å². The van der Waals surface area contributed by atoms with Crippen LogP contribution in [0.4, 0.5) is 20.3 Å². The normalized spacial score (nSPS) is 21.2. The van der Waals surface area contributed by atoms with Crippen LogP contribution in [0.25, 0.3) is 0 Å². The van der Waals surface area contributed by atoms with E-state index in [1.807, 2.05) is 11.0 Å². The van der Waals surface area contributed by atoms with E-state index in [4.69, 9.17) is 21.1 Å². The number of hydrogen-bond donors (Lipinski definition) is 2.